The molecule has 1 N–H and O–H groups in total. The average molecular weight is 269 g/mol. The third-order valence-corrected chi connectivity index (χ3v) is 3.36. The lowest BCUT2D eigenvalue weighted by molar-refractivity contribution is 0.0437. The SMILES string of the molecule is O=C1O[C@H](Nc2ccc3c(c2)OCO3)c2ccccc21. The van der Waals surface area contributed by atoms with Gasteiger partial charge in [0.15, 0.2) is 11.5 Å². The van der Waals surface area contributed by atoms with Crippen LogP contribution in [0.4, 0.5) is 5.69 Å². The number of ether oxygens (including phenoxy) is 3. The average Bonchev–Trinajstić information content (AvgIpc) is 3.05. The Morgan fingerprint density at radius 1 is 1.05 bits per heavy atom. The number of anilines is 1. The number of carbonyl (C=O) groups excluding carboxylic acids is 1. The molecule has 0 aromatic heterocycles. The Bertz CT molecular complexity index is 698. The second-order valence-electron chi connectivity index (χ2n) is 4.58. The highest BCUT2D eigenvalue weighted by Crippen LogP contribution is 2.37. The van der Waals surface area contributed by atoms with Gasteiger partial charge in [-0.05, 0) is 18.2 Å². The third-order valence-electron chi connectivity index (χ3n) is 3.36. The van der Waals surface area contributed by atoms with Gasteiger partial charge in [-0.15, -0.1) is 0 Å². The normalized spacial score (nSPS) is 18.6. The first-order chi connectivity index (χ1) is 9.81. The Hall–Kier alpha value is -2.69. The van der Waals surface area contributed by atoms with Gasteiger partial charge in [0, 0.05) is 17.3 Å². The minimum absolute atomic E-state index is 0.236. The van der Waals surface area contributed by atoms with E-state index in [4.69, 9.17) is 14.2 Å². The van der Waals surface area contributed by atoms with Crippen molar-refractivity contribution in [1.29, 1.82) is 0 Å². The number of hydrogen-bond donors (Lipinski definition) is 1. The molecular weight excluding hydrogens is 258 g/mol. The molecule has 2 aromatic rings. The fourth-order valence-corrected chi connectivity index (χ4v) is 2.39. The molecule has 2 aliphatic rings. The quantitative estimate of drug-likeness (QED) is 0.849. The van der Waals surface area contributed by atoms with Crippen molar-refractivity contribution in [2.75, 3.05) is 12.1 Å². The maximum Gasteiger partial charge on any atom is 0.340 e. The molecule has 1 atom stereocenters. The van der Waals surface area contributed by atoms with E-state index in [1.54, 1.807) is 6.07 Å². The van der Waals surface area contributed by atoms with Gasteiger partial charge in [0.2, 0.25) is 13.0 Å². The van der Waals surface area contributed by atoms with Gasteiger partial charge in [0.25, 0.3) is 0 Å². The summed E-state index contributed by atoms with van der Waals surface area (Å²) in [6.07, 6.45) is -0.473. The highest BCUT2D eigenvalue weighted by molar-refractivity contribution is 5.94. The lowest BCUT2D eigenvalue weighted by Crippen LogP contribution is -2.10. The highest BCUT2D eigenvalue weighted by Gasteiger charge is 2.30. The number of hydrogen-bond acceptors (Lipinski definition) is 5. The van der Waals surface area contributed by atoms with Gasteiger partial charge in [-0.25, -0.2) is 4.79 Å². The van der Waals surface area contributed by atoms with E-state index in [1.807, 2.05) is 36.4 Å². The molecule has 4 rings (SSSR count). The van der Waals surface area contributed by atoms with E-state index in [0.717, 1.165) is 17.0 Å². The van der Waals surface area contributed by atoms with Crippen LogP contribution < -0.4 is 14.8 Å². The van der Waals surface area contributed by atoms with Crippen LogP contribution in [0, 0.1) is 0 Å². The van der Waals surface area contributed by atoms with Gasteiger partial charge < -0.3 is 19.5 Å². The predicted octanol–water partition coefficient (Wildman–Crippen LogP) is 2.70. The van der Waals surface area contributed by atoms with Crippen molar-refractivity contribution in [3.05, 3.63) is 53.6 Å². The topological polar surface area (TPSA) is 56.8 Å². The molecule has 0 saturated carbocycles. The molecule has 100 valence electrons. The largest absolute Gasteiger partial charge is 0.454 e. The summed E-state index contributed by atoms with van der Waals surface area (Å²) in [5.74, 6) is 1.10. The second kappa shape index (κ2) is 4.16. The van der Waals surface area contributed by atoms with Crippen molar-refractivity contribution in [2.24, 2.45) is 0 Å². The number of cyclic esters (lactones) is 1. The van der Waals surface area contributed by atoms with E-state index in [1.165, 1.54) is 0 Å². The minimum atomic E-state index is -0.473. The first kappa shape index (κ1) is 11.2. The maximum atomic E-state index is 11.7. The molecule has 2 aliphatic heterocycles. The lowest BCUT2D eigenvalue weighted by Gasteiger charge is -2.14. The fraction of sp³-hybridized carbons (Fsp3) is 0.133. The molecule has 0 radical (unpaired) electrons. The van der Waals surface area contributed by atoms with E-state index in [9.17, 15) is 4.79 Å². The van der Waals surface area contributed by atoms with Crippen LogP contribution >= 0.6 is 0 Å². The zero-order chi connectivity index (χ0) is 13.5. The van der Waals surface area contributed by atoms with Crippen LogP contribution in [-0.4, -0.2) is 12.8 Å². The monoisotopic (exact) mass is 269 g/mol. The molecule has 0 spiro atoms. The van der Waals surface area contributed by atoms with Gasteiger partial charge in [-0.1, -0.05) is 18.2 Å². The predicted molar refractivity (Wildman–Crippen MR) is 70.8 cm³/mol. The maximum absolute atomic E-state index is 11.7. The number of nitrogens with one attached hydrogen (secondary N) is 1. The van der Waals surface area contributed by atoms with Crippen LogP contribution in [0.5, 0.6) is 11.5 Å². The Labute approximate surface area is 115 Å². The van der Waals surface area contributed by atoms with E-state index < -0.39 is 6.23 Å². The summed E-state index contributed by atoms with van der Waals surface area (Å²) in [5.41, 5.74) is 2.25. The summed E-state index contributed by atoms with van der Waals surface area (Å²) in [7, 11) is 0. The summed E-state index contributed by atoms with van der Waals surface area (Å²) in [6, 6.07) is 12.9. The first-order valence-electron chi connectivity index (χ1n) is 6.27. The van der Waals surface area contributed by atoms with Crippen molar-refractivity contribution in [2.45, 2.75) is 6.23 Å². The smallest absolute Gasteiger partial charge is 0.340 e. The number of benzene rings is 2. The summed E-state index contributed by atoms with van der Waals surface area (Å²) < 4.78 is 15.9. The molecule has 0 saturated heterocycles. The van der Waals surface area contributed by atoms with Crippen molar-refractivity contribution >= 4 is 11.7 Å². The zero-order valence-electron chi connectivity index (χ0n) is 10.5. The Morgan fingerprint density at radius 2 is 1.90 bits per heavy atom. The van der Waals surface area contributed by atoms with Gasteiger partial charge in [-0.2, -0.15) is 0 Å². The van der Waals surface area contributed by atoms with E-state index >= 15 is 0 Å². The van der Waals surface area contributed by atoms with Crippen molar-refractivity contribution in [1.82, 2.24) is 0 Å². The molecule has 2 heterocycles. The number of fused-ring (bicyclic) bond motifs is 2. The standard InChI is InChI=1S/C15H11NO4/c17-15-11-4-2-1-3-10(11)14(20-15)16-9-5-6-12-13(7-9)19-8-18-12/h1-7,14,16H,8H2/t14-/m0/s1. The van der Waals surface area contributed by atoms with E-state index in [-0.39, 0.29) is 12.8 Å². The molecule has 0 unspecified atom stereocenters. The number of rotatable bonds is 2. The number of esters is 1. The minimum Gasteiger partial charge on any atom is -0.454 e. The molecule has 0 bridgehead atoms. The van der Waals surface area contributed by atoms with Gasteiger partial charge in [0.1, 0.15) is 0 Å². The summed E-state index contributed by atoms with van der Waals surface area (Å²) in [4.78, 5) is 11.7. The van der Waals surface area contributed by atoms with Crippen LogP contribution in [0.25, 0.3) is 0 Å². The zero-order valence-corrected chi connectivity index (χ0v) is 10.5. The number of carbonyl (C=O) groups is 1. The molecule has 0 aliphatic carbocycles. The Balaban J connectivity index is 1.63. The molecule has 5 heteroatoms. The van der Waals surface area contributed by atoms with Crippen LogP contribution in [0.3, 0.4) is 0 Å². The molecular formula is C15H11NO4. The summed E-state index contributed by atoms with van der Waals surface area (Å²) in [5, 5.41) is 3.18. The van der Waals surface area contributed by atoms with Gasteiger partial charge in [0.05, 0.1) is 5.56 Å². The van der Waals surface area contributed by atoms with Crippen molar-refractivity contribution < 1.29 is 19.0 Å². The Morgan fingerprint density at radius 3 is 2.85 bits per heavy atom. The van der Waals surface area contributed by atoms with E-state index in [0.29, 0.717) is 11.3 Å². The van der Waals surface area contributed by atoms with E-state index in [2.05, 4.69) is 5.32 Å². The highest BCUT2D eigenvalue weighted by atomic mass is 16.7. The molecule has 5 nitrogen and oxygen atoms in total. The van der Waals surface area contributed by atoms with Gasteiger partial charge in [-0.3, -0.25) is 0 Å². The molecule has 20 heavy (non-hydrogen) atoms. The van der Waals surface area contributed by atoms with Crippen molar-refractivity contribution in [3.8, 4) is 11.5 Å². The van der Waals surface area contributed by atoms with Crippen molar-refractivity contribution in [3.63, 3.8) is 0 Å². The molecule has 0 amide bonds. The first-order valence-corrected chi connectivity index (χ1v) is 6.27. The van der Waals surface area contributed by atoms with Gasteiger partial charge >= 0.3 is 5.97 Å². The molecule has 2 aromatic carbocycles. The lowest BCUT2D eigenvalue weighted by atomic mass is 10.1. The van der Waals surface area contributed by atoms with Crippen LogP contribution in [-0.2, 0) is 4.74 Å². The summed E-state index contributed by atoms with van der Waals surface area (Å²) in [6.45, 7) is 0.236. The second-order valence-corrected chi connectivity index (χ2v) is 4.58. The molecule has 0 fully saturated rings. The van der Waals surface area contributed by atoms with Crippen LogP contribution in [0.1, 0.15) is 22.1 Å². The summed E-state index contributed by atoms with van der Waals surface area (Å²) >= 11 is 0. The third kappa shape index (κ3) is 1.67. The fourth-order valence-electron chi connectivity index (χ4n) is 2.39. The Kier molecular flexibility index (Phi) is 2.32. The van der Waals surface area contributed by atoms with Crippen LogP contribution in [0.2, 0.25) is 0 Å². The van der Waals surface area contributed by atoms with Crippen LogP contribution in [0.15, 0.2) is 42.5 Å².